The van der Waals surface area contributed by atoms with Gasteiger partial charge >= 0.3 is 0 Å². The van der Waals surface area contributed by atoms with Crippen molar-refractivity contribution in [3.05, 3.63) is 36.4 Å². The van der Waals surface area contributed by atoms with Gasteiger partial charge in [0.1, 0.15) is 0 Å². The van der Waals surface area contributed by atoms with Crippen molar-refractivity contribution in [2.24, 2.45) is 0 Å². The number of nitrogens with zero attached hydrogens (tertiary/aromatic N) is 1. The molecule has 1 aromatic heterocycles. The molecule has 100 valence electrons. The van der Waals surface area contributed by atoms with Gasteiger partial charge in [-0.15, -0.1) is 0 Å². The van der Waals surface area contributed by atoms with Crippen molar-refractivity contribution in [2.45, 2.75) is 37.1 Å². The molecular formula is C15H18N2OS. The first kappa shape index (κ1) is 13.9. The first-order chi connectivity index (χ1) is 9.06. The number of benzene rings is 1. The van der Waals surface area contributed by atoms with Crippen molar-refractivity contribution < 1.29 is 4.79 Å². The summed E-state index contributed by atoms with van der Waals surface area (Å²) >= 11 is 1.49. The minimum atomic E-state index is -0.143. The largest absolute Gasteiger partial charge is 0.353 e. The molecular weight excluding hydrogens is 256 g/mol. The second-order valence-electron chi connectivity index (χ2n) is 4.77. The van der Waals surface area contributed by atoms with Gasteiger partial charge in [-0.1, -0.05) is 36.0 Å². The average molecular weight is 274 g/mol. The minimum absolute atomic E-state index is 0.0509. The molecule has 1 aromatic carbocycles. The van der Waals surface area contributed by atoms with Gasteiger partial charge in [0.05, 0.1) is 15.8 Å². The summed E-state index contributed by atoms with van der Waals surface area (Å²) in [5.41, 5.74) is 0.962. The third-order valence-corrected chi connectivity index (χ3v) is 3.71. The molecule has 0 aliphatic rings. The molecule has 2 rings (SSSR count). The van der Waals surface area contributed by atoms with Crippen LogP contribution >= 0.6 is 11.8 Å². The van der Waals surface area contributed by atoms with Crippen LogP contribution in [-0.4, -0.2) is 22.2 Å². The molecule has 0 saturated carbocycles. The SMILES string of the molecule is CC(C)NC(=O)C(C)Sc1ccc2ccccc2n1. The number of fused-ring (bicyclic) bond motifs is 1. The van der Waals surface area contributed by atoms with Crippen LogP contribution in [0.5, 0.6) is 0 Å². The lowest BCUT2D eigenvalue weighted by Crippen LogP contribution is -2.35. The molecule has 0 bridgehead atoms. The number of rotatable bonds is 4. The van der Waals surface area contributed by atoms with Crippen molar-refractivity contribution in [2.75, 3.05) is 0 Å². The van der Waals surface area contributed by atoms with Crippen LogP contribution in [0.3, 0.4) is 0 Å². The first-order valence-corrected chi connectivity index (χ1v) is 7.27. The molecule has 19 heavy (non-hydrogen) atoms. The van der Waals surface area contributed by atoms with E-state index in [9.17, 15) is 4.79 Å². The van der Waals surface area contributed by atoms with Gasteiger partial charge < -0.3 is 5.32 Å². The first-order valence-electron chi connectivity index (χ1n) is 6.39. The second kappa shape index (κ2) is 6.06. The summed E-state index contributed by atoms with van der Waals surface area (Å²) in [6.07, 6.45) is 0. The fourth-order valence-electron chi connectivity index (χ4n) is 1.75. The number of hydrogen-bond acceptors (Lipinski definition) is 3. The topological polar surface area (TPSA) is 42.0 Å². The molecule has 4 heteroatoms. The van der Waals surface area contributed by atoms with Crippen LogP contribution < -0.4 is 5.32 Å². The lowest BCUT2D eigenvalue weighted by molar-refractivity contribution is -0.120. The monoisotopic (exact) mass is 274 g/mol. The van der Waals surface area contributed by atoms with Crippen LogP contribution in [0.2, 0.25) is 0 Å². The van der Waals surface area contributed by atoms with Crippen LogP contribution in [0.1, 0.15) is 20.8 Å². The normalized spacial score (nSPS) is 12.6. The number of para-hydroxylation sites is 1. The molecule has 1 atom stereocenters. The lowest BCUT2D eigenvalue weighted by atomic mass is 10.2. The Bertz CT molecular complexity index is 583. The number of hydrogen-bond donors (Lipinski definition) is 1. The highest BCUT2D eigenvalue weighted by Crippen LogP contribution is 2.23. The summed E-state index contributed by atoms with van der Waals surface area (Å²) < 4.78 is 0. The summed E-state index contributed by atoms with van der Waals surface area (Å²) in [6, 6.07) is 12.2. The third-order valence-electron chi connectivity index (χ3n) is 2.67. The summed E-state index contributed by atoms with van der Waals surface area (Å²) in [4.78, 5) is 16.4. The lowest BCUT2D eigenvalue weighted by Gasteiger charge is -2.13. The molecule has 0 aliphatic heterocycles. The second-order valence-corrected chi connectivity index (χ2v) is 6.13. The summed E-state index contributed by atoms with van der Waals surface area (Å²) in [5.74, 6) is 0.0509. The Morgan fingerprint density at radius 3 is 2.63 bits per heavy atom. The van der Waals surface area contributed by atoms with Gasteiger partial charge in [-0.25, -0.2) is 4.98 Å². The van der Waals surface area contributed by atoms with Crippen LogP contribution in [-0.2, 0) is 4.79 Å². The highest BCUT2D eigenvalue weighted by Gasteiger charge is 2.15. The number of pyridine rings is 1. The van der Waals surface area contributed by atoms with Gasteiger partial charge in [0.15, 0.2) is 0 Å². The Hall–Kier alpha value is -1.55. The summed E-state index contributed by atoms with van der Waals surface area (Å²) in [6.45, 7) is 5.83. The maximum absolute atomic E-state index is 11.9. The van der Waals surface area contributed by atoms with E-state index in [1.807, 2.05) is 57.2 Å². The zero-order valence-corrected chi connectivity index (χ0v) is 12.2. The standard InChI is InChI=1S/C15H18N2OS/c1-10(2)16-15(18)11(3)19-14-9-8-12-6-4-5-7-13(12)17-14/h4-11H,1-3H3,(H,16,18). The maximum atomic E-state index is 11.9. The highest BCUT2D eigenvalue weighted by molar-refractivity contribution is 8.00. The van der Waals surface area contributed by atoms with Gasteiger partial charge in [-0.2, -0.15) is 0 Å². The van der Waals surface area contributed by atoms with Crippen molar-refractivity contribution >= 4 is 28.6 Å². The molecule has 0 fully saturated rings. The van der Waals surface area contributed by atoms with E-state index >= 15 is 0 Å². The maximum Gasteiger partial charge on any atom is 0.233 e. The van der Waals surface area contributed by atoms with Crippen LogP contribution in [0, 0.1) is 0 Å². The fourth-order valence-corrected chi connectivity index (χ4v) is 2.58. The highest BCUT2D eigenvalue weighted by atomic mass is 32.2. The summed E-state index contributed by atoms with van der Waals surface area (Å²) in [7, 11) is 0. The molecule has 1 heterocycles. The van der Waals surface area contributed by atoms with Crippen molar-refractivity contribution in [1.82, 2.24) is 10.3 Å². The van der Waals surface area contributed by atoms with Crippen LogP contribution in [0.15, 0.2) is 41.4 Å². The number of aromatic nitrogens is 1. The van der Waals surface area contributed by atoms with E-state index in [0.29, 0.717) is 0 Å². The molecule has 3 nitrogen and oxygen atoms in total. The Morgan fingerprint density at radius 2 is 1.89 bits per heavy atom. The predicted molar refractivity (Wildman–Crippen MR) is 80.3 cm³/mol. The zero-order chi connectivity index (χ0) is 13.8. The number of nitrogens with one attached hydrogen (secondary N) is 1. The van der Waals surface area contributed by atoms with Crippen molar-refractivity contribution in [3.63, 3.8) is 0 Å². The Kier molecular flexibility index (Phi) is 4.43. The van der Waals surface area contributed by atoms with E-state index in [4.69, 9.17) is 0 Å². The molecule has 0 spiro atoms. The Morgan fingerprint density at radius 1 is 1.16 bits per heavy atom. The average Bonchev–Trinajstić information content (AvgIpc) is 2.37. The van der Waals surface area contributed by atoms with Gasteiger partial charge in [-0.3, -0.25) is 4.79 Å². The van der Waals surface area contributed by atoms with Crippen LogP contribution in [0.25, 0.3) is 10.9 Å². The summed E-state index contributed by atoms with van der Waals surface area (Å²) in [5, 5.41) is 4.77. The number of thioether (sulfide) groups is 1. The van der Waals surface area contributed by atoms with Crippen molar-refractivity contribution in [3.8, 4) is 0 Å². The van der Waals surface area contributed by atoms with Gasteiger partial charge in [0.25, 0.3) is 0 Å². The van der Waals surface area contributed by atoms with Gasteiger partial charge in [-0.05, 0) is 32.9 Å². The molecule has 1 amide bonds. The van der Waals surface area contributed by atoms with E-state index in [2.05, 4.69) is 10.3 Å². The van der Waals surface area contributed by atoms with Gasteiger partial charge in [0, 0.05) is 11.4 Å². The number of carbonyl (C=O) groups excluding carboxylic acids is 1. The van der Waals surface area contributed by atoms with Gasteiger partial charge in [0.2, 0.25) is 5.91 Å². The van der Waals surface area contributed by atoms with E-state index in [-0.39, 0.29) is 17.2 Å². The molecule has 1 unspecified atom stereocenters. The molecule has 0 radical (unpaired) electrons. The third kappa shape index (κ3) is 3.70. The molecule has 0 aliphatic carbocycles. The van der Waals surface area contributed by atoms with E-state index < -0.39 is 0 Å². The van der Waals surface area contributed by atoms with E-state index in [1.165, 1.54) is 11.8 Å². The quantitative estimate of drug-likeness (QED) is 0.870. The zero-order valence-electron chi connectivity index (χ0n) is 11.4. The number of amides is 1. The molecule has 0 saturated heterocycles. The van der Waals surface area contributed by atoms with Crippen molar-refractivity contribution in [1.29, 1.82) is 0 Å². The van der Waals surface area contributed by atoms with E-state index in [1.54, 1.807) is 0 Å². The molecule has 1 N–H and O–H groups in total. The molecule has 2 aromatic rings. The minimum Gasteiger partial charge on any atom is -0.353 e. The number of carbonyl (C=O) groups is 1. The Labute approximate surface area is 117 Å². The van der Waals surface area contributed by atoms with E-state index in [0.717, 1.165) is 15.9 Å². The smallest absolute Gasteiger partial charge is 0.233 e. The Balaban J connectivity index is 2.10. The fraction of sp³-hybridized carbons (Fsp3) is 0.333. The van der Waals surface area contributed by atoms with Crippen LogP contribution in [0.4, 0.5) is 0 Å². The predicted octanol–water partition coefficient (Wildman–Crippen LogP) is 3.24.